The summed E-state index contributed by atoms with van der Waals surface area (Å²) in [5, 5.41) is 0. The van der Waals surface area contributed by atoms with E-state index in [1.165, 1.54) is 6.07 Å². The van der Waals surface area contributed by atoms with E-state index in [2.05, 4.69) is 6.58 Å². The summed E-state index contributed by atoms with van der Waals surface area (Å²) >= 11 is 0. The minimum atomic E-state index is -0.831. The predicted octanol–water partition coefficient (Wildman–Crippen LogP) is 7.42. The molecule has 0 aromatic heterocycles. The van der Waals surface area contributed by atoms with Crippen LogP contribution in [-0.4, -0.2) is 19.5 Å². The first-order valence-corrected chi connectivity index (χ1v) is 11.2. The van der Waals surface area contributed by atoms with E-state index in [9.17, 15) is 13.2 Å². The second-order valence-corrected chi connectivity index (χ2v) is 8.29. The Kier molecular flexibility index (Phi) is 7.31. The van der Waals surface area contributed by atoms with E-state index in [0.717, 1.165) is 18.4 Å². The fourth-order valence-corrected chi connectivity index (χ4v) is 4.09. The number of rotatable bonds is 7. The quantitative estimate of drug-likeness (QED) is 0.347. The van der Waals surface area contributed by atoms with E-state index in [1.54, 1.807) is 48.5 Å². The molecule has 0 N–H and O–H groups in total. The highest BCUT2D eigenvalue weighted by Crippen LogP contribution is 2.32. The molecule has 33 heavy (non-hydrogen) atoms. The highest BCUT2D eigenvalue weighted by molar-refractivity contribution is 5.71. The van der Waals surface area contributed by atoms with Crippen molar-refractivity contribution in [1.82, 2.24) is 0 Å². The molecule has 0 bridgehead atoms. The molecule has 0 saturated carbocycles. The Hall–Kier alpha value is -2.89. The minimum absolute atomic E-state index is 0.184. The van der Waals surface area contributed by atoms with Crippen molar-refractivity contribution in [3.05, 3.63) is 95.8 Å². The third-order valence-corrected chi connectivity index (χ3v) is 6.05. The van der Waals surface area contributed by atoms with E-state index in [4.69, 9.17) is 9.47 Å². The van der Waals surface area contributed by atoms with Gasteiger partial charge in [-0.3, -0.25) is 0 Å². The summed E-state index contributed by atoms with van der Waals surface area (Å²) in [4.78, 5) is 0. The smallest absolute Gasteiger partial charge is 0.176 e. The van der Waals surface area contributed by atoms with Crippen LogP contribution in [0.5, 0.6) is 0 Å². The van der Waals surface area contributed by atoms with E-state index < -0.39 is 17.9 Å². The van der Waals surface area contributed by atoms with Gasteiger partial charge >= 0.3 is 0 Å². The van der Waals surface area contributed by atoms with Crippen molar-refractivity contribution in [2.24, 2.45) is 0 Å². The zero-order chi connectivity index (χ0) is 23.4. The van der Waals surface area contributed by atoms with Gasteiger partial charge in [0.1, 0.15) is 5.82 Å². The van der Waals surface area contributed by atoms with Crippen LogP contribution in [-0.2, 0) is 15.9 Å². The molecule has 5 heteroatoms. The zero-order valence-corrected chi connectivity index (χ0v) is 18.6. The Bertz CT molecular complexity index is 1120. The standard InChI is InChI=1S/C28H27F3O2/c1-3-5-6-20-11-14-24(28(31)27(20)30)19-9-7-18(8-10-19)21-12-13-23(25(29)15-21)22-16-32-26(4-2)33-17-22/h4,7-15,22,26H,2-3,5-6,16-17H2,1H3. The van der Waals surface area contributed by atoms with Gasteiger partial charge in [-0.2, -0.15) is 0 Å². The highest BCUT2D eigenvalue weighted by atomic mass is 19.2. The summed E-state index contributed by atoms with van der Waals surface area (Å²) in [5.41, 5.74) is 3.22. The van der Waals surface area contributed by atoms with Gasteiger partial charge in [0.2, 0.25) is 0 Å². The van der Waals surface area contributed by atoms with Crippen molar-refractivity contribution in [2.45, 2.75) is 38.4 Å². The fourth-order valence-electron chi connectivity index (χ4n) is 4.09. The van der Waals surface area contributed by atoms with Crippen LogP contribution >= 0.6 is 0 Å². The lowest BCUT2D eigenvalue weighted by atomic mass is 9.94. The molecule has 0 spiro atoms. The molecule has 1 aliphatic heterocycles. The van der Waals surface area contributed by atoms with Gasteiger partial charge in [0.05, 0.1) is 13.2 Å². The molecule has 3 aromatic rings. The Morgan fingerprint density at radius 2 is 1.55 bits per heavy atom. The predicted molar refractivity (Wildman–Crippen MR) is 124 cm³/mol. The topological polar surface area (TPSA) is 18.5 Å². The molecule has 0 aliphatic carbocycles. The molecule has 0 radical (unpaired) electrons. The molecule has 0 unspecified atom stereocenters. The van der Waals surface area contributed by atoms with Crippen molar-refractivity contribution in [2.75, 3.05) is 13.2 Å². The van der Waals surface area contributed by atoms with E-state index in [-0.39, 0.29) is 17.3 Å². The number of ether oxygens (including phenoxy) is 2. The summed E-state index contributed by atoms with van der Waals surface area (Å²) in [6.45, 7) is 6.37. The third kappa shape index (κ3) is 5.05. The summed E-state index contributed by atoms with van der Waals surface area (Å²) in [6, 6.07) is 15.4. The Morgan fingerprint density at radius 3 is 2.18 bits per heavy atom. The Balaban J connectivity index is 1.52. The highest BCUT2D eigenvalue weighted by Gasteiger charge is 2.24. The Morgan fingerprint density at radius 1 is 0.879 bits per heavy atom. The lowest BCUT2D eigenvalue weighted by Gasteiger charge is -2.28. The van der Waals surface area contributed by atoms with Gasteiger partial charge < -0.3 is 9.47 Å². The molecule has 1 heterocycles. The lowest BCUT2D eigenvalue weighted by molar-refractivity contribution is -0.159. The number of hydrogen-bond acceptors (Lipinski definition) is 2. The molecule has 172 valence electrons. The van der Waals surface area contributed by atoms with Crippen LogP contribution in [0.3, 0.4) is 0 Å². The van der Waals surface area contributed by atoms with Gasteiger partial charge in [0.25, 0.3) is 0 Å². The zero-order valence-electron chi connectivity index (χ0n) is 18.6. The molecule has 4 rings (SSSR count). The maximum absolute atomic E-state index is 14.8. The summed E-state index contributed by atoms with van der Waals surface area (Å²) in [6.07, 6.45) is 3.38. The fraction of sp³-hybridized carbons (Fsp3) is 0.286. The van der Waals surface area contributed by atoms with Crippen LogP contribution in [0.15, 0.2) is 67.3 Å². The SMILES string of the molecule is C=CC1OCC(c2ccc(-c3ccc(-c4ccc(CCCC)c(F)c4F)cc3)cc2F)CO1. The van der Waals surface area contributed by atoms with Gasteiger partial charge in [0.15, 0.2) is 17.9 Å². The number of halogens is 3. The van der Waals surface area contributed by atoms with Gasteiger partial charge in [-0.15, -0.1) is 0 Å². The normalized spacial score (nSPS) is 18.3. The molecule has 0 atom stereocenters. The van der Waals surface area contributed by atoms with Crippen LogP contribution in [0, 0.1) is 17.5 Å². The van der Waals surface area contributed by atoms with Gasteiger partial charge in [-0.05, 0) is 52.8 Å². The Labute approximate surface area is 192 Å². The van der Waals surface area contributed by atoms with Gasteiger partial charge in [-0.25, -0.2) is 13.2 Å². The molecule has 3 aromatic carbocycles. The third-order valence-electron chi connectivity index (χ3n) is 6.05. The van der Waals surface area contributed by atoms with Gasteiger partial charge in [0, 0.05) is 11.5 Å². The second-order valence-electron chi connectivity index (χ2n) is 8.29. The molecular weight excluding hydrogens is 425 g/mol. The first kappa shape index (κ1) is 23.3. The van der Waals surface area contributed by atoms with Crippen molar-refractivity contribution in [3.63, 3.8) is 0 Å². The van der Waals surface area contributed by atoms with Crippen molar-refractivity contribution in [3.8, 4) is 22.3 Å². The molecule has 1 aliphatic rings. The van der Waals surface area contributed by atoms with Crippen LogP contribution in [0.2, 0.25) is 0 Å². The number of aryl methyl sites for hydroxylation is 1. The molecule has 2 nitrogen and oxygen atoms in total. The minimum Gasteiger partial charge on any atom is -0.348 e. The molecule has 0 amide bonds. The maximum Gasteiger partial charge on any atom is 0.176 e. The van der Waals surface area contributed by atoms with E-state index in [0.29, 0.717) is 41.9 Å². The number of benzene rings is 3. The van der Waals surface area contributed by atoms with E-state index >= 15 is 0 Å². The molecule has 1 fully saturated rings. The molecular formula is C28H27F3O2. The largest absolute Gasteiger partial charge is 0.348 e. The van der Waals surface area contributed by atoms with Crippen molar-refractivity contribution < 1.29 is 22.6 Å². The van der Waals surface area contributed by atoms with Crippen LogP contribution < -0.4 is 0 Å². The number of hydrogen-bond donors (Lipinski definition) is 0. The maximum atomic E-state index is 14.8. The summed E-state index contributed by atoms with van der Waals surface area (Å²) in [5.74, 6) is -2.13. The lowest BCUT2D eigenvalue weighted by Crippen LogP contribution is -2.29. The summed E-state index contributed by atoms with van der Waals surface area (Å²) in [7, 11) is 0. The average molecular weight is 453 g/mol. The van der Waals surface area contributed by atoms with Crippen LogP contribution in [0.4, 0.5) is 13.2 Å². The first-order chi connectivity index (χ1) is 16.0. The molecule has 1 saturated heterocycles. The van der Waals surface area contributed by atoms with Crippen molar-refractivity contribution in [1.29, 1.82) is 0 Å². The van der Waals surface area contributed by atoms with Crippen LogP contribution in [0.25, 0.3) is 22.3 Å². The first-order valence-electron chi connectivity index (χ1n) is 11.2. The summed E-state index contributed by atoms with van der Waals surface area (Å²) < 4.78 is 55.0. The average Bonchev–Trinajstić information content (AvgIpc) is 2.85. The number of unbranched alkanes of at least 4 members (excludes halogenated alkanes) is 1. The second kappa shape index (κ2) is 10.4. The monoisotopic (exact) mass is 452 g/mol. The van der Waals surface area contributed by atoms with Crippen LogP contribution in [0.1, 0.15) is 36.8 Å². The van der Waals surface area contributed by atoms with Gasteiger partial charge in [-0.1, -0.05) is 68.5 Å². The van der Waals surface area contributed by atoms with Crippen molar-refractivity contribution >= 4 is 0 Å². The van der Waals surface area contributed by atoms with E-state index in [1.807, 2.05) is 13.0 Å².